The normalized spacial score (nSPS) is 10.6. The lowest BCUT2D eigenvalue weighted by atomic mass is 10.3. The van der Waals surface area contributed by atoms with Crippen LogP contribution >= 0.6 is 10.7 Å². The van der Waals surface area contributed by atoms with Crippen molar-refractivity contribution in [2.45, 2.75) is 4.90 Å². The Labute approximate surface area is 85.3 Å². The van der Waals surface area contributed by atoms with Gasteiger partial charge in [-0.25, -0.2) is 8.42 Å². The van der Waals surface area contributed by atoms with E-state index >= 15 is 0 Å². The van der Waals surface area contributed by atoms with E-state index < -0.39 is 9.05 Å². The molecule has 1 aromatic heterocycles. The standard InChI is InChI=1S/C7H5ClN2O3S/c1-13-6-3-10-4-7(5(6)2-9)14(8,11)12/h3-4H,1H3. The number of hydrogen-bond donors (Lipinski definition) is 0. The average Bonchev–Trinajstić information content (AvgIpc) is 2.15. The highest BCUT2D eigenvalue weighted by Crippen LogP contribution is 2.25. The molecule has 74 valence electrons. The van der Waals surface area contributed by atoms with Gasteiger partial charge in [0.15, 0.2) is 5.75 Å². The van der Waals surface area contributed by atoms with Crippen LogP contribution in [0.4, 0.5) is 0 Å². The maximum atomic E-state index is 11.0. The summed E-state index contributed by atoms with van der Waals surface area (Å²) in [5, 5.41) is 8.71. The van der Waals surface area contributed by atoms with Crippen molar-refractivity contribution in [3.05, 3.63) is 18.0 Å². The first-order valence-corrected chi connectivity index (χ1v) is 5.68. The lowest BCUT2D eigenvalue weighted by Gasteiger charge is -2.03. The zero-order chi connectivity index (χ0) is 10.8. The number of methoxy groups -OCH3 is 1. The molecule has 0 amide bonds. The van der Waals surface area contributed by atoms with Crippen molar-refractivity contribution >= 4 is 19.7 Å². The molecular formula is C7H5ClN2O3S. The van der Waals surface area contributed by atoms with E-state index in [4.69, 9.17) is 20.7 Å². The molecule has 0 radical (unpaired) electrons. The van der Waals surface area contributed by atoms with Gasteiger partial charge in [0.1, 0.15) is 16.5 Å². The lowest BCUT2D eigenvalue weighted by molar-refractivity contribution is 0.410. The van der Waals surface area contributed by atoms with Crippen molar-refractivity contribution in [1.82, 2.24) is 4.98 Å². The molecule has 0 bridgehead atoms. The number of nitrogens with zero attached hydrogens (tertiary/aromatic N) is 2. The Balaban J connectivity index is 3.55. The molecule has 0 saturated carbocycles. The van der Waals surface area contributed by atoms with Gasteiger partial charge in [0.25, 0.3) is 9.05 Å². The third kappa shape index (κ3) is 1.95. The number of rotatable bonds is 2. The molecule has 0 aromatic carbocycles. The summed E-state index contributed by atoms with van der Waals surface area (Å²) in [4.78, 5) is 3.24. The quantitative estimate of drug-likeness (QED) is 0.708. The van der Waals surface area contributed by atoms with Gasteiger partial charge in [-0.1, -0.05) is 0 Å². The summed E-state index contributed by atoms with van der Waals surface area (Å²) in [6, 6.07) is 1.69. The third-order valence-electron chi connectivity index (χ3n) is 1.47. The van der Waals surface area contributed by atoms with Gasteiger partial charge >= 0.3 is 0 Å². The number of hydrogen-bond acceptors (Lipinski definition) is 5. The highest BCUT2D eigenvalue weighted by Gasteiger charge is 2.19. The van der Waals surface area contributed by atoms with Gasteiger partial charge in [-0.05, 0) is 0 Å². The lowest BCUT2D eigenvalue weighted by Crippen LogP contribution is -1.99. The van der Waals surface area contributed by atoms with Crippen LogP contribution in [0, 0.1) is 11.3 Å². The monoisotopic (exact) mass is 232 g/mol. The van der Waals surface area contributed by atoms with Crippen molar-refractivity contribution < 1.29 is 13.2 Å². The van der Waals surface area contributed by atoms with Crippen molar-refractivity contribution in [2.75, 3.05) is 7.11 Å². The minimum Gasteiger partial charge on any atom is -0.494 e. The molecule has 0 aliphatic carbocycles. The fraction of sp³-hybridized carbons (Fsp3) is 0.143. The van der Waals surface area contributed by atoms with E-state index in [0.29, 0.717) is 0 Å². The molecule has 0 saturated heterocycles. The first-order chi connectivity index (χ1) is 6.50. The van der Waals surface area contributed by atoms with Crippen molar-refractivity contribution in [3.63, 3.8) is 0 Å². The van der Waals surface area contributed by atoms with Crippen LogP contribution in [-0.4, -0.2) is 20.5 Å². The Bertz CT molecular complexity index is 492. The third-order valence-corrected chi connectivity index (χ3v) is 2.80. The summed E-state index contributed by atoms with van der Waals surface area (Å²) < 4.78 is 26.8. The number of nitriles is 1. The molecule has 0 N–H and O–H groups in total. The molecule has 0 atom stereocenters. The minimum absolute atomic E-state index is 0.0780. The van der Waals surface area contributed by atoms with E-state index in [9.17, 15) is 8.42 Å². The van der Waals surface area contributed by atoms with Crippen molar-refractivity contribution in [3.8, 4) is 11.8 Å². The van der Waals surface area contributed by atoms with Gasteiger partial charge in [-0.2, -0.15) is 5.26 Å². The van der Waals surface area contributed by atoms with E-state index in [-0.39, 0.29) is 16.2 Å². The maximum absolute atomic E-state index is 11.0. The highest BCUT2D eigenvalue weighted by molar-refractivity contribution is 8.13. The molecule has 0 fully saturated rings. The zero-order valence-corrected chi connectivity index (χ0v) is 8.63. The second-order valence-corrected chi connectivity index (χ2v) is 4.80. The highest BCUT2D eigenvalue weighted by atomic mass is 35.7. The fourth-order valence-electron chi connectivity index (χ4n) is 0.873. The SMILES string of the molecule is COc1cncc(S(=O)(=O)Cl)c1C#N. The van der Waals surface area contributed by atoms with Crippen LogP contribution in [0.25, 0.3) is 0 Å². The number of aromatic nitrogens is 1. The predicted octanol–water partition coefficient (Wildman–Crippen LogP) is 0.889. The molecule has 14 heavy (non-hydrogen) atoms. The van der Waals surface area contributed by atoms with E-state index in [0.717, 1.165) is 6.20 Å². The number of ether oxygens (including phenoxy) is 1. The molecule has 0 aliphatic rings. The van der Waals surface area contributed by atoms with Crippen LogP contribution in [0.5, 0.6) is 5.75 Å². The zero-order valence-electron chi connectivity index (χ0n) is 7.06. The van der Waals surface area contributed by atoms with Gasteiger partial charge in [-0.15, -0.1) is 0 Å². The molecule has 0 spiro atoms. The first kappa shape index (κ1) is 10.8. The Hall–Kier alpha value is -1.32. The summed E-state index contributed by atoms with van der Waals surface area (Å²) >= 11 is 0. The molecule has 0 unspecified atom stereocenters. The minimum atomic E-state index is -3.97. The van der Waals surface area contributed by atoms with Crippen LogP contribution < -0.4 is 4.74 Å². The van der Waals surface area contributed by atoms with E-state index in [1.807, 2.05) is 0 Å². The van der Waals surface area contributed by atoms with Gasteiger partial charge in [-0.3, -0.25) is 4.98 Å². The Morgan fingerprint density at radius 3 is 2.64 bits per heavy atom. The Morgan fingerprint density at radius 1 is 1.57 bits per heavy atom. The molecule has 1 rings (SSSR count). The summed E-state index contributed by atoms with van der Waals surface area (Å²) in [6.45, 7) is 0. The van der Waals surface area contributed by atoms with Crippen LogP contribution in [-0.2, 0) is 9.05 Å². The van der Waals surface area contributed by atoms with Crippen molar-refractivity contribution in [1.29, 1.82) is 5.26 Å². The van der Waals surface area contributed by atoms with E-state index in [1.165, 1.54) is 13.3 Å². The summed E-state index contributed by atoms with van der Waals surface area (Å²) in [5.74, 6) is 0.0780. The summed E-state index contributed by atoms with van der Waals surface area (Å²) in [6.07, 6.45) is 2.24. The van der Waals surface area contributed by atoms with Crippen LogP contribution in [0.3, 0.4) is 0 Å². The van der Waals surface area contributed by atoms with Crippen LogP contribution in [0.2, 0.25) is 0 Å². The summed E-state index contributed by atoms with van der Waals surface area (Å²) in [5.41, 5.74) is -0.141. The second kappa shape index (κ2) is 3.82. The predicted molar refractivity (Wildman–Crippen MR) is 48.5 cm³/mol. The number of halogens is 1. The second-order valence-electron chi connectivity index (χ2n) is 2.26. The van der Waals surface area contributed by atoms with Gasteiger partial charge in [0, 0.05) is 16.9 Å². The van der Waals surface area contributed by atoms with Crippen LogP contribution in [0.1, 0.15) is 5.56 Å². The van der Waals surface area contributed by atoms with Gasteiger partial charge in [0.05, 0.1) is 13.3 Å². The van der Waals surface area contributed by atoms with Gasteiger partial charge in [0.2, 0.25) is 0 Å². The molecule has 0 aliphatic heterocycles. The smallest absolute Gasteiger partial charge is 0.264 e. The Kier molecular flexibility index (Phi) is 2.93. The molecule has 5 nitrogen and oxygen atoms in total. The van der Waals surface area contributed by atoms with Crippen molar-refractivity contribution in [2.24, 2.45) is 0 Å². The maximum Gasteiger partial charge on any atom is 0.264 e. The molecule has 7 heteroatoms. The topological polar surface area (TPSA) is 80.0 Å². The average molecular weight is 233 g/mol. The Morgan fingerprint density at radius 2 is 2.21 bits per heavy atom. The largest absolute Gasteiger partial charge is 0.494 e. The first-order valence-electron chi connectivity index (χ1n) is 3.37. The van der Waals surface area contributed by atoms with Crippen LogP contribution in [0.15, 0.2) is 17.3 Å². The molecule has 1 heterocycles. The fourth-order valence-corrected chi connectivity index (χ4v) is 1.80. The van der Waals surface area contributed by atoms with E-state index in [2.05, 4.69) is 4.98 Å². The summed E-state index contributed by atoms with van der Waals surface area (Å²) in [7, 11) is 2.43. The number of pyridine rings is 1. The molecular weight excluding hydrogens is 228 g/mol. The van der Waals surface area contributed by atoms with Gasteiger partial charge < -0.3 is 4.74 Å². The van der Waals surface area contributed by atoms with E-state index in [1.54, 1.807) is 6.07 Å². The molecule has 1 aromatic rings.